The monoisotopic (exact) mass is 459 g/mol. The highest BCUT2D eigenvalue weighted by atomic mass is 19.4. The zero-order valence-electron chi connectivity index (χ0n) is 18.6. The van der Waals surface area contributed by atoms with E-state index in [-0.39, 0.29) is 18.5 Å². The Morgan fingerprint density at radius 1 is 1.09 bits per heavy atom. The first kappa shape index (κ1) is 23.2. The summed E-state index contributed by atoms with van der Waals surface area (Å²) in [5, 5.41) is 0.974. The number of esters is 1. The SMILES string of the molecule is CCOC(=O)CCc1cc2ccc(OCc3ccc(C4CCCC4)c(C(F)(F)F)c3)cc2[nH]1. The lowest BCUT2D eigenvalue weighted by atomic mass is 9.91. The average molecular weight is 460 g/mol. The first-order chi connectivity index (χ1) is 15.8. The summed E-state index contributed by atoms with van der Waals surface area (Å²) < 4.78 is 51.9. The van der Waals surface area contributed by atoms with E-state index in [0.717, 1.165) is 42.3 Å². The quantitative estimate of drug-likeness (QED) is 0.372. The molecule has 1 aliphatic carbocycles. The molecule has 2 aromatic carbocycles. The number of benzene rings is 2. The van der Waals surface area contributed by atoms with Gasteiger partial charge in [0.15, 0.2) is 0 Å². The fraction of sp³-hybridized carbons (Fsp3) is 0.423. The van der Waals surface area contributed by atoms with Gasteiger partial charge in [0.2, 0.25) is 0 Å². The Bertz CT molecular complexity index is 1110. The van der Waals surface area contributed by atoms with E-state index in [4.69, 9.17) is 9.47 Å². The van der Waals surface area contributed by atoms with Gasteiger partial charge in [0.1, 0.15) is 12.4 Å². The van der Waals surface area contributed by atoms with Gasteiger partial charge in [-0.1, -0.05) is 25.0 Å². The molecule has 0 spiro atoms. The molecular formula is C26H28F3NO3. The Labute approximate surface area is 191 Å². The number of hydrogen-bond donors (Lipinski definition) is 1. The van der Waals surface area contributed by atoms with E-state index in [9.17, 15) is 18.0 Å². The van der Waals surface area contributed by atoms with Crippen LogP contribution in [0.4, 0.5) is 13.2 Å². The highest BCUT2D eigenvalue weighted by Crippen LogP contribution is 2.42. The normalized spacial score (nSPS) is 14.7. The average Bonchev–Trinajstić information content (AvgIpc) is 3.45. The summed E-state index contributed by atoms with van der Waals surface area (Å²) in [5.74, 6) is 0.317. The van der Waals surface area contributed by atoms with Gasteiger partial charge in [0.05, 0.1) is 18.6 Å². The Balaban J connectivity index is 1.44. The van der Waals surface area contributed by atoms with Crippen LogP contribution < -0.4 is 4.74 Å². The maximum Gasteiger partial charge on any atom is 0.416 e. The molecule has 4 nitrogen and oxygen atoms in total. The van der Waals surface area contributed by atoms with Crippen LogP contribution in [0.2, 0.25) is 0 Å². The number of carbonyl (C=O) groups excluding carboxylic acids is 1. The first-order valence-corrected chi connectivity index (χ1v) is 11.4. The third kappa shape index (κ3) is 5.70. The molecule has 3 aromatic rings. The third-order valence-corrected chi connectivity index (χ3v) is 6.18. The molecule has 4 rings (SSSR count). The summed E-state index contributed by atoms with van der Waals surface area (Å²) in [6.45, 7) is 2.19. The van der Waals surface area contributed by atoms with Crippen molar-refractivity contribution in [3.8, 4) is 5.75 Å². The lowest BCUT2D eigenvalue weighted by Crippen LogP contribution is -2.12. The highest BCUT2D eigenvalue weighted by molar-refractivity contribution is 5.82. The number of rotatable bonds is 8. The van der Waals surface area contributed by atoms with Gasteiger partial charge in [-0.3, -0.25) is 4.79 Å². The zero-order valence-corrected chi connectivity index (χ0v) is 18.6. The van der Waals surface area contributed by atoms with Crippen LogP contribution in [-0.2, 0) is 28.7 Å². The van der Waals surface area contributed by atoms with Gasteiger partial charge in [-0.15, -0.1) is 0 Å². The topological polar surface area (TPSA) is 51.3 Å². The van der Waals surface area contributed by atoms with Crippen molar-refractivity contribution in [2.24, 2.45) is 0 Å². The number of nitrogens with one attached hydrogen (secondary N) is 1. The van der Waals surface area contributed by atoms with E-state index in [0.29, 0.717) is 36.3 Å². The third-order valence-electron chi connectivity index (χ3n) is 6.18. The van der Waals surface area contributed by atoms with E-state index in [1.165, 1.54) is 6.07 Å². The van der Waals surface area contributed by atoms with E-state index < -0.39 is 11.7 Å². The molecule has 0 saturated heterocycles. The minimum atomic E-state index is -4.38. The van der Waals surface area contributed by atoms with Crippen LogP contribution in [-0.4, -0.2) is 17.6 Å². The van der Waals surface area contributed by atoms with E-state index in [1.807, 2.05) is 18.2 Å². The fourth-order valence-electron chi connectivity index (χ4n) is 4.56. The van der Waals surface area contributed by atoms with Crippen molar-refractivity contribution in [3.63, 3.8) is 0 Å². The number of halogens is 3. The summed E-state index contributed by atoms with van der Waals surface area (Å²) in [6, 6.07) is 12.1. The molecule has 1 aromatic heterocycles. The second-order valence-electron chi connectivity index (χ2n) is 8.54. The van der Waals surface area contributed by atoms with Crippen LogP contribution in [0.25, 0.3) is 10.9 Å². The van der Waals surface area contributed by atoms with Crippen molar-refractivity contribution >= 4 is 16.9 Å². The predicted molar refractivity (Wildman–Crippen MR) is 120 cm³/mol. The van der Waals surface area contributed by atoms with Gasteiger partial charge in [-0.05, 0) is 72.9 Å². The van der Waals surface area contributed by atoms with Crippen LogP contribution in [0, 0.1) is 0 Å². The number of aromatic amines is 1. The molecule has 1 aliphatic rings. The van der Waals surface area contributed by atoms with Gasteiger partial charge in [0, 0.05) is 17.3 Å². The lowest BCUT2D eigenvalue weighted by Gasteiger charge is -2.19. The van der Waals surface area contributed by atoms with Crippen molar-refractivity contribution in [3.05, 3.63) is 64.8 Å². The first-order valence-electron chi connectivity index (χ1n) is 11.4. The van der Waals surface area contributed by atoms with Crippen LogP contribution in [0.5, 0.6) is 5.75 Å². The number of aryl methyl sites for hydroxylation is 1. The van der Waals surface area contributed by atoms with E-state index in [1.54, 1.807) is 25.1 Å². The number of H-pyrrole nitrogens is 1. The van der Waals surface area contributed by atoms with Crippen molar-refractivity contribution in [1.29, 1.82) is 0 Å². The number of alkyl halides is 3. The maximum atomic E-state index is 13.7. The number of carbonyl (C=O) groups is 1. The molecule has 1 N–H and O–H groups in total. The Morgan fingerprint density at radius 2 is 1.88 bits per heavy atom. The summed E-state index contributed by atoms with van der Waals surface area (Å²) in [5.41, 5.74) is 2.12. The zero-order chi connectivity index (χ0) is 23.4. The van der Waals surface area contributed by atoms with Crippen molar-refractivity contribution in [2.75, 3.05) is 6.61 Å². The van der Waals surface area contributed by atoms with Gasteiger partial charge < -0.3 is 14.5 Å². The number of fused-ring (bicyclic) bond motifs is 1. The van der Waals surface area contributed by atoms with E-state index >= 15 is 0 Å². The molecule has 0 aliphatic heterocycles. The Morgan fingerprint density at radius 3 is 2.61 bits per heavy atom. The molecular weight excluding hydrogens is 431 g/mol. The van der Waals surface area contributed by atoms with Crippen LogP contribution >= 0.6 is 0 Å². The van der Waals surface area contributed by atoms with Crippen molar-refractivity contribution < 1.29 is 27.4 Å². The van der Waals surface area contributed by atoms with Gasteiger partial charge in [-0.25, -0.2) is 0 Å². The van der Waals surface area contributed by atoms with Crippen molar-refractivity contribution in [2.45, 2.75) is 64.1 Å². The molecule has 0 atom stereocenters. The molecule has 0 unspecified atom stereocenters. The minimum absolute atomic E-state index is 0.00935. The van der Waals surface area contributed by atoms with E-state index in [2.05, 4.69) is 4.98 Å². The second kappa shape index (κ2) is 9.89. The van der Waals surface area contributed by atoms with Gasteiger partial charge >= 0.3 is 12.1 Å². The van der Waals surface area contributed by atoms with Crippen LogP contribution in [0.3, 0.4) is 0 Å². The molecule has 0 amide bonds. The minimum Gasteiger partial charge on any atom is -0.489 e. The second-order valence-corrected chi connectivity index (χ2v) is 8.54. The molecule has 33 heavy (non-hydrogen) atoms. The molecule has 7 heteroatoms. The standard InChI is InChI=1S/C26H28F3NO3/c1-2-32-25(31)12-9-20-14-19-8-10-21(15-24(19)30-20)33-16-17-7-11-22(18-5-3-4-6-18)23(13-17)26(27,28)29/h7-8,10-11,13-15,18,30H,2-6,9,12,16H2,1H3. The summed E-state index contributed by atoms with van der Waals surface area (Å²) in [7, 11) is 0. The van der Waals surface area contributed by atoms with Crippen molar-refractivity contribution in [1.82, 2.24) is 4.98 Å². The summed E-state index contributed by atoms with van der Waals surface area (Å²) >= 11 is 0. The number of aromatic nitrogens is 1. The van der Waals surface area contributed by atoms with Crippen LogP contribution in [0.15, 0.2) is 42.5 Å². The molecule has 1 heterocycles. The molecule has 1 saturated carbocycles. The summed E-state index contributed by atoms with van der Waals surface area (Å²) in [4.78, 5) is 14.8. The van der Waals surface area contributed by atoms with Crippen LogP contribution in [0.1, 0.15) is 67.3 Å². The fourth-order valence-corrected chi connectivity index (χ4v) is 4.56. The lowest BCUT2D eigenvalue weighted by molar-refractivity contribution is -0.143. The Hall–Kier alpha value is -2.96. The Kier molecular flexibility index (Phi) is 6.96. The van der Waals surface area contributed by atoms with Gasteiger partial charge in [0.25, 0.3) is 0 Å². The number of ether oxygens (including phenoxy) is 2. The molecule has 0 radical (unpaired) electrons. The maximum absolute atomic E-state index is 13.7. The summed E-state index contributed by atoms with van der Waals surface area (Å²) in [6.07, 6.45) is 0.0572. The number of hydrogen-bond acceptors (Lipinski definition) is 3. The largest absolute Gasteiger partial charge is 0.489 e. The highest BCUT2D eigenvalue weighted by Gasteiger charge is 2.36. The predicted octanol–water partition coefficient (Wildman–Crippen LogP) is 6.92. The van der Waals surface area contributed by atoms with Gasteiger partial charge in [-0.2, -0.15) is 13.2 Å². The smallest absolute Gasteiger partial charge is 0.416 e. The molecule has 176 valence electrons. The molecule has 0 bridgehead atoms. The molecule has 1 fully saturated rings.